The number of nitrogens with one attached hydrogen (secondary N) is 1. The van der Waals surface area contributed by atoms with E-state index in [0.29, 0.717) is 6.54 Å². The maximum Gasteiger partial charge on any atom is 0.0894 e. The van der Waals surface area contributed by atoms with Gasteiger partial charge in [0.2, 0.25) is 0 Å². The summed E-state index contributed by atoms with van der Waals surface area (Å²) < 4.78 is 0. The fraction of sp³-hybridized carbons (Fsp3) is 1.00. The molecular weight excluding hydrogens is 190 g/mol. The fourth-order valence-electron chi connectivity index (χ4n) is 2.46. The average Bonchev–Trinajstić information content (AvgIpc) is 2.24. The monoisotopic (exact) mass is 215 g/mol. The molecule has 2 unspecified atom stereocenters. The van der Waals surface area contributed by atoms with Gasteiger partial charge in [-0.1, -0.05) is 26.2 Å². The van der Waals surface area contributed by atoms with Gasteiger partial charge in [0, 0.05) is 6.54 Å². The van der Waals surface area contributed by atoms with Gasteiger partial charge >= 0.3 is 0 Å². The number of aliphatic hydroxyl groups is 2. The average molecular weight is 215 g/mol. The summed E-state index contributed by atoms with van der Waals surface area (Å²) in [6.45, 7) is 3.68. The maximum absolute atomic E-state index is 9.12. The maximum atomic E-state index is 9.12. The van der Waals surface area contributed by atoms with E-state index in [1.165, 1.54) is 32.1 Å². The van der Waals surface area contributed by atoms with E-state index in [0.717, 1.165) is 18.4 Å². The summed E-state index contributed by atoms with van der Waals surface area (Å²) in [6, 6.07) is 0. The van der Waals surface area contributed by atoms with Crippen molar-refractivity contribution in [3.8, 4) is 0 Å². The van der Waals surface area contributed by atoms with Crippen molar-refractivity contribution in [1.29, 1.82) is 0 Å². The second kappa shape index (κ2) is 7.20. The highest BCUT2D eigenvalue weighted by molar-refractivity contribution is 4.71. The summed E-state index contributed by atoms with van der Waals surface area (Å²) in [5.74, 6) is 1.76. The molecule has 3 atom stereocenters. The van der Waals surface area contributed by atoms with Gasteiger partial charge in [-0.3, -0.25) is 0 Å². The zero-order valence-electron chi connectivity index (χ0n) is 9.78. The van der Waals surface area contributed by atoms with Gasteiger partial charge in [-0.2, -0.15) is 0 Å². The van der Waals surface area contributed by atoms with Crippen LogP contribution in [0.25, 0.3) is 0 Å². The van der Waals surface area contributed by atoms with E-state index in [9.17, 15) is 0 Å². The largest absolute Gasteiger partial charge is 0.394 e. The third kappa shape index (κ3) is 5.50. The van der Waals surface area contributed by atoms with Crippen LogP contribution >= 0.6 is 0 Å². The van der Waals surface area contributed by atoms with E-state index in [-0.39, 0.29) is 6.61 Å². The van der Waals surface area contributed by atoms with Gasteiger partial charge < -0.3 is 15.5 Å². The van der Waals surface area contributed by atoms with Gasteiger partial charge in [-0.15, -0.1) is 0 Å². The molecule has 1 rings (SSSR count). The summed E-state index contributed by atoms with van der Waals surface area (Å²) in [4.78, 5) is 0. The molecule has 0 aromatic rings. The van der Waals surface area contributed by atoms with E-state index in [4.69, 9.17) is 10.2 Å². The first kappa shape index (κ1) is 12.9. The Balaban J connectivity index is 1.99. The van der Waals surface area contributed by atoms with Crippen molar-refractivity contribution < 1.29 is 10.2 Å². The molecule has 3 N–H and O–H groups in total. The Kier molecular flexibility index (Phi) is 6.22. The number of rotatable bonds is 6. The lowest BCUT2D eigenvalue weighted by Gasteiger charge is -2.26. The van der Waals surface area contributed by atoms with E-state index < -0.39 is 6.10 Å². The summed E-state index contributed by atoms with van der Waals surface area (Å²) in [5, 5.41) is 20.9. The molecule has 3 nitrogen and oxygen atoms in total. The molecule has 0 radical (unpaired) electrons. The molecule has 3 heteroatoms. The molecule has 0 amide bonds. The molecule has 1 saturated carbocycles. The van der Waals surface area contributed by atoms with Gasteiger partial charge in [0.15, 0.2) is 0 Å². The highest BCUT2D eigenvalue weighted by Crippen LogP contribution is 2.30. The first-order chi connectivity index (χ1) is 7.22. The minimum atomic E-state index is -0.602. The van der Waals surface area contributed by atoms with Crippen LogP contribution in [0.3, 0.4) is 0 Å². The van der Waals surface area contributed by atoms with E-state index in [1.54, 1.807) is 0 Å². The van der Waals surface area contributed by atoms with Crippen molar-refractivity contribution in [2.45, 2.75) is 45.1 Å². The van der Waals surface area contributed by atoms with E-state index >= 15 is 0 Å². The number of aliphatic hydroxyl groups excluding tert-OH is 2. The van der Waals surface area contributed by atoms with Crippen LogP contribution in [-0.4, -0.2) is 36.0 Å². The van der Waals surface area contributed by atoms with Crippen molar-refractivity contribution >= 4 is 0 Å². The summed E-state index contributed by atoms with van der Waals surface area (Å²) in [5.41, 5.74) is 0. The molecule has 0 aromatic carbocycles. The third-order valence-electron chi connectivity index (χ3n) is 3.37. The Morgan fingerprint density at radius 1 is 1.40 bits per heavy atom. The van der Waals surface area contributed by atoms with Crippen molar-refractivity contribution in [3.63, 3.8) is 0 Å². The second-order valence-electron chi connectivity index (χ2n) is 4.97. The summed E-state index contributed by atoms with van der Waals surface area (Å²) in [6.07, 6.45) is 6.12. The smallest absolute Gasteiger partial charge is 0.0894 e. The highest BCUT2D eigenvalue weighted by atomic mass is 16.3. The Bertz CT molecular complexity index is 164. The molecule has 90 valence electrons. The topological polar surface area (TPSA) is 52.5 Å². The van der Waals surface area contributed by atoms with Crippen LogP contribution in [0.15, 0.2) is 0 Å². The zero-order valence-corrected chi connectivity index (χ0v) is 9.78. The van der Waals surface area contributed by atoms with Crippen LogP contribution in [0.1, 0.15) is 39.0 Å². The van der Waals surface area contributed by atoms with Gasteiger partial charge in [-0.25, -0.2) is 0 Å². The predicted octanol–water partition coefficient (Wildman–Crippen LogP) is 1.15. The lowest BCUT2D eigenvalue weighted by Crippen LogP contribution is -2.31. The normalized spacial score (nSPS) is 29.0. The van der Waals surface area contributed by atoms with Crippen LogP contribution in [-0.2, 0) is 0 Å². The second-order valence-corrected chi connectivity index (χ2v) is 4.97. The zero-order chi connectivity index (χ0) is 11.1. The molecule has 1 aliphatic rings. The molecule has 15 heavy (non-hydrogen) atoms. The van der Waals surface area contributed by atoms with Gasteiger partial charge in [0.25, 0.3) is 0 Å². The lowest BCUT2D eigenvalue weighted by atomic mass is 9.81. The lowest BCUT2D eigenvalue weighted by molar-refractivity contribution is 0.0939. The Morgan fingerprint density at radius 2 is 2.20 bits per heavy atom. The first-order valence-electron chi connectivity index (χ1n) is 6.22. The Hall–Kier alpha value is -0.120. The van der Waals surface area contributed by atoms with Crippen LogP contribution in [0.4, 0.5) is 0 Å². The third-order valence-corrected chi connectivity index (χ3v) is 3.37. The molecule has 0 spiro atoms. The molecule has 0 heterocycles. The van der Waals surface area contributed by atoms with Crippen LogP contribution in [0.2, 0.25) is 0 Å². The minimum absolute atomic E-state index is 0.145. The molecule has 0 aromatic heterocycles. The van der Waals surface area contributed by atoms with Gasteiger partial charge in [-0.05, 0) is 31.2 Å². The van der Waals surface area contributed by atoms with Crippen molar-refractivity contribution in [1.82, 2.24) is 5.32 Å². The van der Waals surface area contributed by atoms with Crippen LogP contribution in [0, 0.1) is 11.8 Å². The van der Waals surface area contributed by atoms with Crippen molar-refractivity contribution in [2.24, 2.45) is 11.8 Å². The standard InChI is InChI=1S/C12H25NO2/c1-10-3-2-4-11(7-10)5-6-13-8-12(15)9-14/h10-15H,2-9H2,1H3/t10?,11?,12-/m0/s1. The molecular formula is C12H25NO2. The minimum Gasteiger partial charge on any atom is -0.394 e. The number of hydrogen-bond acceptors (Lipinski definition) is 3. The summed E-state index contributed by atoms with van der Waals surface area (Å²) in [7, 11) is 0. The fourth-order valence-corrected chi connectivity index (χ4v) is 2.46. The molecule has 0 saturated heterocycles. The Morgan fingerprint density at radius 3 is 2.87 bits per heavy atom. The van der Waals surface area contributed by atoms with Crippen molar-refractivity contribution in [2.75, 3.05) is 19.7 Å². The van der Waals surface area contributed by atoms with Crippen LogP contribution in [0.5, 0.6) is 0 Å². The van der Waals surface area contributed by atoms with E-state index in [2.05, 4.69) is 12.2 Å². The molecule has 0 aliphatic heterocycles. The molecule has 1 aliphatic carbocycles. The predicted molar refractivity (Wildman–Crippen MR) is 61.7 cm³/mol. The van der Waals surface area contributed by atoms with Gasteiger partial charge in [0.1, 0.15) is 0 Å². The van der Waals surface area contributed by atoms with E-state index in [1.807, 2.05) is 0 Å². The van der Waals surface area contributed by atoms with Gasteiger partial charge in [0.05, 0.1) is 12.7 Å². The van der Waals surface area contributed by atoms with Crippen LogP contribution < -0.4 is 5.32 Å². The Labute approximate surface area is 92.9 Å². The quantitative estimate of drug-likeness (QED) is 0.583. The number of hydrogen-bond donors (Lipinski definition) is 3. The molecule has 1 fully saturated rings. The first-order valence-corrected chi connectivity index (χ1v) is 6.22. The SMILES string of the molecule is CC1CCCC(CCNC[C@H](O)CO)C1. The van der Waals surface area contributed by atoms with Crippen molar-refractivity contribution in [3.05, 3.63) is 0 Å². The highest BCUT2D eigenvalue weighted by Gasteiger charge is 2.18. The molecule has 0 bridgehead atoms. The summed E-state index contributed by atoms with van der Waals surface area (Å²) >= 11 is 0.